The van der Waals surface area contributed by atoms with Crippen LogP contribution in [0.15, 0.2) is 60.7 Å². The van der Waals surface area contributed by atoms with E-state index in [1.165, 1.54) is 0 Å². The van der Waals surface area contributed by atoms with Gasteiger partial charge in [-0.25, -0.2) is 4.98 Å². The maximum absolute atomic E-state index is 12.8. The lowest BCUT2D eigenvalue weighted by Crippen LogP contribution is -2.37. The Labute approximate surface area is 176 Å². The largest absolute Gasteiger partial charge is 0.357 e. The zero-order valence-corrected chi connectivity index (χ0v) is 16.9. The first-order valence-corrected chi connectivity index (χ1v) is 10.7. The number of hydrogen-bond donors (Lipinski definition) is 1. The molecular weight excluding hydrogens is 374 g/mol. The number of amides is 1. The molecule has 30 heavy (non-hydrogen) atoms. The lowest BCUT2D eigenvalue weighted by atomic mass is 9.89. The maximum atomic E-state index is 12.8. The molecule has 1 aromatic heterocycles. The minimum Gasteiger partial charge on any atom is -0.357 e. The second kappa shape index (κ2) is 7.90. The predicted octanol–water partition coefficient (Wildman–Crippen LogP) is 4.23. The van der Waals surface area contributed by atoms with Crippen LogP contribution in [0.5, 0.6) is 0 Å². The summed E-state index contributed by atoms with van der Waals surface area (Å²) >= 11 is 0. The number of fused-ring (bicyclic) bond motifs is 1. The van der Waals surface area contributed by atoms with Crippen LogP contribution in [0.4, 0.5) is 5.82 Å². The number of aromatic nitrogens is 1. The molecule has 1 aliphatic heterocycles. The van der Waals surface area contributed by atoms with Crippen molar-refractivity contribution in [3.8, 4) is 0 Å². The number of hydrogen-bond acceptors (Lipinski definition) is 4. The van der Waals surface area contributed by atoms with Gasteiger partial charge in [-0.3, -0.25) is 9.59 Å². The predicted molar refractivity (Wildman–Crippen MR) is 118 cm³/mol. The molecule has 1 amide bonds. The fraction of sp³-hybridized carbons (Fsp3) is 0.320. The van der Waals surface area contributed by atoms with Crippen molar-refractivity contribution in [2.24, 2.45) is 5.92 Å². The van der Waals surface area contributed by atoms with Crippen molar-refractivity contribution in [3.05, 3.63) is 71.8 Å². The molecule has 1 N–H and O–H groups in total. The van der Waals surface area contributed by atoms with Crippen LogP contribution < -0.4 is 10.2 Å². The molecule has 152 valence electrons. The number of benzene rings is 2. The van der Waals surface area contributed by atoms with Crippen molar-refractivity contribution in [2.75, 3.05) is 18.0 Å². The lowest BCUT2D eigenvalue weighted by Gasteiger charge is -2.32. The SMILES string of the molecule is O=C(NC1CC1)c1cc(N2CCC(C(=O)c3ccccc3)CC2)nc2ccccc12. The number of piperidine rings is 1. The Morgan fingerprint density at radius 2 is 1.60 bits per heavy atom. The first kappa shape index (κ1) is 18.8. The van der Waals surface area contributed by atoms with E-state index in [4.69, 9.17) is 4.98 Å². The molecule has 5 nitrogen and oxygen atoms in total. The zero-order chi connectivity index (χ0) is 20.5. The van der Waals surface area contributed by atoms with Crippen LogP contribution in [0, 0.1) is 5.92 Å². The Morgan fingerprint density at radius 3 is 2.33 bits per heavy atom. The number of carbonyl (C=O) groups is 2. The molecule has 0 unspecified atom stereocenters. The average Bonchev–Trinajstić information content (AvgIpc) is 3.62. The number of Topliss-reactive ketones (excluding diaryl/α,β-unsaturated/α-hetero) is 1. The second-order valence-corrected chi connectivity index (χ2v) is 8.28. The van der Waals surface area contributed by atoms with E-state index in [1.54, 1.807) is 0 Å². The number of nitrogens with one attached hydrogen (secondary N) is 1. The Hall–Kier alpha value is -3.21. The van der Waals surface area contributed by atoms with E-state index in [1.807, 2.05) is 60.7 Å². The minimum atomic E-state index is -0.0218. The van der Waals surface area contributed by atoms with Gasteiger partial charge < -0.3 is 10.2 Å². The molecule has 2 aliphatic rings. The zero-order valence-electron chi connectivity index (χ0n) is 16.9. The van der Waals surface area contributed by atoms with Crippen LogP contribution in [0.1, 0.15) is 46.4 Å². The highest BCUT2D eigenvalue weighted by Crippen LogP contribution is 2.29. The highest BCUT2D eigenvalue weighted by Gasteiger charge is 2.28. The van der Waals surface area contributed by atoms with Crippen LogP contribution in [0.25, 0.3) is 10.9 Å². The highest BCUT2D eigenvalue weighted by atomic mass is 16.1. The molecule has 0 radical (unpaired) electrons. The molecule has 1 aliphatic carbocycles. The molecule has 1 saturated carbocycles. The highest BCUT2D eigenvalue weighted by molar-refractivity contribution is 6.07. The molecule has 1 saturated heterocycles. The van der Waals surface area contributed by atoms with Crippen molar-refractivity contribution >= 4 is 28.4 Å². The molecule has 2 aromatic carbocycles. The summed E-state index contributed by atoms with van der Waals surface area (Å²) in [7, 11) is 0. The summed E-state index contributed by atoms with van der Waals surface area (Å²) in [6.45, 7) is 1.52. The number of nitrogens with zero attached hydrogens (tertiary/aromatic N) is 2. The monoisotopic (exact) mass is 399 g/mol. The number of anilines is 1. The fourth-order valence-corrected chi connectivity index (χ4v) is 4.21. The summed E-state index contributed by atoms with van der Waals surface area (Å²) in [5, 5.41) is 3.99. The molecule has 3 aromatic rings. The van der Waals surface area contributed by atoms with Crippen LogP contribution in [0.2, 0.25) is 0 Å². The van der Waals surface area contributed by atoms with Gasteiger partial charge in [-0.2, -0.15) is 0 Å². The van der Waals surface area contributed by atoms with E-state index < -0.39 is 0 Å². The van der Waals surface area contributed by atoms with Crippen LogP contribution in [-0.4, -0.2) is 35.8 Å². The molecule has 2 fully saturated rings. The minimum absolute atomic E-state index is 0.0218. The Morgan fingerprint density at radius 1 is 0.900 bits per heavy atom. The number of pyridine rings is 1. The summed E-state index contributed by atoms with van der Waals surface area (Å²) in [5.74, 6) is 1.07. The normalized spacial score (nSPS) is 17.1. The van der Waals surface area contributed by atoms with E-state index in [-0.39, 0.29) is 17.6 Å². The second-order valence-electron chi connectivity index (χ2n) is 8.28. The van der Waals surface area contributed by atoms with Gasteiger partial charge in [0, 0.05) is 36.0 Å². The van der Waals surface area contributed by atoms with Gasteiger partial charge >= 0.3 is 0 Å². The van der Waals surface area contributed by atoms with Gasteiger partial charge in [0.05, 0.1) is 11.1 Å². The van der Waals surface area contributed by atoms with Gasteiger partial charge in [-0.05, 0) is 37.8 Å². The van der Waals surface area contributed by atoms with Gasteiger partial charge in [0.2, 0.25) is 0 Å². The summed E-state index contributed by atoms with van der Waals surface area (Å²) in [6.07, 6.45) is 3.72. The molecule has 5 heteroatoms. The van der Waals surface area contributed by atoms with Gasteiger partial charge in [-0.1, -0.05) is 48.5 Å². The first-order chi connectivity index (χ1) is 14.7. The number of rotatable bonds is 5. The number of ketones is 1. The van der Waals surface area contributed by atoms with Gasteiger partial charge in [0.25, 0.3) is 5.91 Å². The van der Waals surface area contributed by atoms with Crippen molar-refractivity contribution in [3.63, 3.8) is 0 Å². The summed E-state index contributed by atoms with van der Waals surface area (Å²) in [4.78, 5) is 32.7. The molecular formula is C25H25N3O2. The van der Waals surface area contributed by atoms with Crippen molar-refractivity contribution < 1.29 is 9.59 Å². The maximum Gasteiger partial charge on any atom is 0.252 e. The van der Waals surface area contributed by atoms with E-state index in [9.17, 15) is 9.59 Å². The smallest absolute Gasteiger partial charge is 0.252 e. The number of carbonyl (C=O) groups excluding carboxylic acids is 2. The molecule has 0 bridgehead atoms. The summed E-state index contributed by atoms with van der Waals surface area (Å²) in [5.41, 5.74) is 2.31. The average molecular weight is 399 g/mol. The quantitative estimate of drug-likeness (QED) is 0.653. The third-order valence-electron chi connectivity index (χ3n) is 6.11. The van der Waals surface area contributed by atoms with E-state index >= 15 is 0 Å². The molecule has 0 atom stereocenters. The van der Waals surface area contributed by atoms with E-state index in [0.29, 0.717) is 11.6 Å². The van der Waals surface area contributed by atoms with E-state index in [2.05, 4.69) is 10.2 Å². The van der Waals surface area contributed by atoms with Crippen LogP contribution in [0.3, 0.4) is 0 Å². The third kappa shape index (κ3) is 3.80. The fourth-order valence-electron chi connectivity index (χ4n) is 4.21. The van der Waals surface area contributed by atoms with Crippen molar-refractivity contribution in [1.29, 1.82) is 0 Å². The Bertz CT molecular complexity index is 1080. The number of para-hydroxylation sites is 1. The molecule has 5 rings (SSSR count). The van der Waals surface area contributed by atoms with Gasteiger partial charge in [-0.15, -0.1) is 0 Å². The third-order valence-corrected chi connectivity index (χ3v) is 6.11. The first-order valence-electron chi connectivity index (χ1n) is 10.7. The Balaban J connectivity index is 1.36. The van der Waals surface area contributed by atoms with Crippen molar-refractivity contribution in [2.45, 2.75) is 31.7 Å². The van der Waals surface area contributed by atoms with Crippen molar-refractivity contribution in [1.82, 2.24) is 10.3 Å². The summed E-state index contributed by atoms with van der Waals surface area (Å²) in [6, 6.07) is 19.6. The van der Waals surface area contributed by atoms with E-state index in [0.717, 1.165) is 61.1 Å². The standard InChI is InChI=1S/C25H25N3O2/c29-24(17-6-2-1-3-7-17)18-12-14-28(15-13-18)23-16-21(25(30)26-19-10-11-19)20-8-4-5-9-22(20)27-23/h1-9,16,18-19H,10-15H2,(H,26,30). The van der Waals surface area contributed by atoms with Gasteiger partial charge in [0.15, 0.2) is 5.78 Å². The van der Waals surface area contributed by atoms with Crippen LogP contribution in [-0.2, 0) is 0 Å². The molecule has 2 heterocycles. The lowest BCUT2D eigenvalue weighted by molar-refractivity contribution is 0.0899. The summed E-state index contributed by atoms with van der Waals surface area (Å²) < 4.78 is 0. The van der Waals surface area contributed by atoms with Gasteiger partial charge in [0.1, 0.15) is 5.82 Å². The molecule has 0 spiro atoms. The Kier molecular flexibility index (Phi) is 4.95. The topological polar surface area (TPSA) is 62.3 Å². The van der Waals surface area contributed by atoms with Crippen LogP contribution >= 0.6 is 0 Å².